The molecule has 0 spiro atoms. The van der Waals surface area contributed by atoms with Gasteiger partial charge in [0.15, 0.2) is 11.5 Å². The number of rotatable bonds is 3. The molecular formula is C21H24N3O3PS. The highest BCUT2D eigenvalue weighted by Gasteiger charge is 2.47. The van der Waals surface area contributed by atoms with Crippen molar-refractivity contribution in [3.63, 3.8) is 0 Å². The topological polar surface area (TPSA) is 45.3 Å². The van der Waals surface area contributed by atoms with Gasteiger partial charge < -0.3 is 9.47 Å². The maximum absolute atomic E-state index is 13.8. The monoisotopic (exact) mass is 429 g/mol. The highest BCUT2D eigenvalue weighted by molar-refractivity contribution is 8.18. The van der Waals surface area contributed by atoms with Crippen molar-refractivity contribution >= 4 is 40.9 Å². The molecule has 0 aromatic heterocycles. The fourth-order valence-corrected chi connectivity index (χ4v) is 8.92. The molecule has 29 heavy (non-hydrogen) atoms. The molecule has 6 nitrogen and oxygen atoms in total. The van der Waals surface area contributed by atoms with Crippen LogP contribution in [-0.4, -0.2) is 43.5 Å². The Kier molecular flexibility index (Phi) is 4.77. The van der Waals surface area contributed by atoms with Crippen LogP contribution in [0.15, 0.2) is 42.5 Å². The van der Waals surface area contributed by atoms with Crippen molar-refractivity contribution in [3.05, 3.63) is 42.5 Å². The van der Waals surface area contributed by atoms with Crippen molar-refractivity contribution in [3.8, 4) is 11.5 Å². The molecular weight excluding hydrogens is 405 g/mol. The summed E-state index contributed by atoms with van der Waals surface area (Å²) in [5, 5.41) is 1.02. The van der Waals surface area contributed by atoms with Gasteiger partial charge in [-0.2, -0.15) is 0 Å². The number of benzene rings is 2. The van der Waals surface area contributed by atoms with Gasteiger partial charge in [0.05, 0.1) is 11.4 Å². The summed E-state index contributed by atoms with van der Waals surface area (Å²) in [6.07, 6.45) is -0.355. The Balaban J connectivity index is 1.78. The van der Waals surface area contributed by atoms with E-state index in [1.807, 2.05) is 54.1 Å². The Bertz CT molecular complexity index is 994. The summed E-state index contributed by atoms with van der Waals surface area (Å²) in [6, 6.07) is 13.8. The van der Waals surface area contributed by atoms with Crippen molar-refractivity contribution in [2.75, 3.05) is 42.4 Å². The van der Waals surface area contributed by atoms with Crippen LogP contribution >= 0.6 is 6.34 Å². The van der Waals surface area contributed by atoms with Gasteiger partial charge in [-0.1, -0.05) is 30.0 Å². The zero-order valence-corrected chi connectivity index (χ0v) is 18.1. The molecule has 2 aromatic carbocycles. The van der Waals surface area contributed by atoms with Crippen LogP contribution < -0.4 is 24.3 Å². The summed E-state index contributed by atoms with van der Waals surface area (Å²) in [7, 11) is 0. The Morgan fingerprint density at radius 2 is 1.69 bits per heavy atom. The van der Waals surface area contributed by atoms with Gasteiger partial charge in [0.2, 0.25) is 0 Å². The molecule has 0 aliphatic carbocycles. The Morgan fingerprint density at radius 3 is 2.34 bits per heavy atom. The van der Waals surface area contributed by atoms with Crippen molar-refractivity contribution in [1.29, 1.82) is 0 Å². The molecule has 1 unspecified atom stereocenters. The largest absolute Gasteiger partial charge is 0.486 e. The van der Waals surface area contributed by atoms with Crippen molar-refractivity contribution in [2.45, 2.75) is 19.8 Å². The average molecular weight is 429 g/mol. The zero-order chi connectivity index (χ0) is 20.0. The minimum Gasteiger partial charge on any atom is -0.486 e. The molecule has 3 aliphatic heterocycles. The summed E-state index contributed by atoms with van der Waals surface area (Å²) in [5.74, 6) is 1.42. The van der Waals surface area contributed by atoms with E-state index in [0.29, 0.717) is 25.5 Å². The van der Waals surface area contributed by atoms with E-state index in [9.17, 15) is 4.79 Å². The van der Waals surface area contributed by atoms with E-state index >= 15 is 0 Å². The van der Waals surface area contributed by atoms with Crippen molar-refractivity contribution in [2.24, 2.45) is 0 Å². The number of amides is 2. The van der Waals surface area contributed by atoms with Gasteiger partial charge in [0.25, 0.3) is 0 Å². The van der Waals surface area contributed by atoms with E-state index in [1.54, 1.807) is 4.90 Å². The first-order valence-corrected chi connectivity index (χ1v) is 12.8. The van der Waals surface area contributed by atoms with Crippen LogP contribution in [0, 0.1) is 0 Å². The van der Waals surface area contributed by atoms with E-state index < -0.39 is 6.34 Å². The number of hydrogen-bond acceptors (Lipinski definition) is 4. The second-order valence-corrected chi connectivity index (χ2v) is 11.4. The predicted octanol–water partition coefficient (Wildman–Crippen LogP) is 3.95. The number of nitrogens with zero attached hydrogens (tertiary/aromatic N) is 3. The normalized spacial score (nSPS) is 24.0. The smallest absolute Gasteiger partial charge is 0.334 e. The molecule has 152 valence electrons. The number of ether oxygens (including phenoxy) is 2. The van der Waals surface area contributed by atoms with Crippen LogP contribution in [0.3, 0.4) is 0 Å². The van der Waals surface area contributed by atoms with E-state index in [2.05, 4.69) is 4.67 Å². The molecule has 0 N–H and O–H groups in total. The van der Waals surface area contributed by atoms with Crippen LogP contribution in [-0.2, 0) is 11.8 Å². The average Bonchev–Trinajstić information content (AvgIpc) is 3.30. The van der Waals surface area contributed by atoms with E-state index in [1.165, 1.54) is 0 Å². The van der Waals surface area contributed by atoms with Gasteiger partial charge in [-0.25, -0.2) is 9.46 Å². The SMILES string of the molecule is CCN1C(=O)N(c2ccccc2)P(=S)(N2CCCC2)c2cc3c(cc21)OCCO3. The number of carbonyl (C=O) groups excluding carboxylic acids is 1. The first-order chi connectivity index (χ1) is 14.1. The molecule has 1 saturated heterocycles. The first-order valence-electron chi connectivity index (χ1n) is 10.1. The number of carbonyl (C=O) groups is 1. The number of urea groups is 1. The quantitative estimate of drug-likeness (QED) is 0.692. The van der Waals surface area contributed by atoms with Crippen molar-refractivity contribution in [1.82, 2.24) is 4.67 Å². The molecule has 5 rings (SSSR count). The number of fused-ring (bicyclic) bond motifs is 2. The predicted molar refractivity (Wildman–Crippen MR) is 119 cm³/mol. The molecule has 0 saturated carbocycles. The van der Waals surface area contributed by atoms with Crippen LogP contribution in [0.1, 0.15) is 19.8 Å². The maximum atomic E-state index is 13.8. The van der Waals surface area contributed by atoms with Crippen LogP contribution in [0.5, 0.6) is 11.5 Å². The molecule has 2 amide bonds. The highest BCUT2D eigenvalue weighted by atomic mass is 32.4. The van der Waals surface area contributed by atoms with Gasteiger partial charge in [0, 0.05) is 31.0 Å². The summed E-state index contributed by atoms with van der Waals surface area (Å²) in [4.78, 5) is 15.6. The van der Waals surface area contributed by atoms with Crippen LogP contribution in [0.2, 0.25) is 0 Å². The third-order valence-corrected chi connectivity index (χ3v) is 10.6. The van der Waals surface area contributed by atoms with Gasteiger partial charge in [-0.3, -0.25) is 9.57 Å². The molecule has 0 radical (unpaired) electrons. The van der Waals surface area contributed by atoms with Gasteiger partial charge >= 0.3 is 6.03 Å². The highest BCUT2D eigenvalue weighted by Crippen LogP contribution is 2.61. The molecule has 8 heteroatoms. The summed E-state index contributed by atoms with van der Waals surface area (Å²) in [5.41, 5.74) is 1.72. The van der Waals surface area contributed by atoms with Crippen molar-refractivity contribution < 1.29 is 14.3 Å². The molecule has 3 aliphatic rings. The fraction of sp³-hybridized carbons (Fsp3) is 0.381. The molecule has 1 fully saturated rings. The third-order valence-electron chi connectivity index (χ3n) is 5.71. The fourth-order valence-electron chi connectivity index (χ4n) is 4.35. The third kappa shape index (κ3) is 2.87. The standard InChI is InChI=1S/C21H24N3O3PS/c1-2-23-17-14-18-19(27-13-12-26-18)15-20(17)28(29,22-10-6-7-11-22)24(21(23)25)16-8-4-3-5-9-16/h3-5,8-9,14-15H,2,6-7,10-13H2,1H3. The number of para-hydroxylation sites is 1. The minimum absolute atomic E-state index is 0.0573. The summed E-state index contributed by atoms with van der Waals surface area (Å²) < 4.78 is 15.9. The lowest BCUT2D eigenvalue weighted by Gasteiger charge is -2.48. The minimum atomic E-state index is -2.56. The molecule has 0 bridgehead atoms. The van der Waals surface area contributed by atoms with Crippen LogP contribution in [0.25, 0.3) is 0 Å². The van der Waals surface area contributed by atoms with Crippen LogP contribution in [0.4, 0.5) is 16.2 Å². The van der Waals surface area contributed by atoms with E-state index in [4.69, 9.17) is 21.3 Å². The van der Waals surface area contributed by atoms with E-state index in [0.717, 1.165) is 48.4 Å². The molecule has 1 atom stereocenters. The zero-order valence-electron chi connectivity index (χ0n) is 16.4. The Morgan fingerprint density at radius 1 is 1.03 bits per heavy atom. The number of hydrogen-bond donors (Lipinski definition) is 0. The first kappa shape index (κ1) is 18.9. The second-order valence-electron chi connectivity index (χ2n) is 7.36. The maximum Gasteiger partial charge on any atom is 0.334 e. The van der Waals surface area contributed by atoms with Gasteiger partial charge in [-0.15, -0.1) is 0 Å². The summed E-state index contributed by atoms with van der Waals surface area (Å²) in [6.45, 7) is 5.41. The summed E-state index contributed by atoms with van der Waals surface area (Å²) >= 11 is 6.47. The Hall–Kier alpha value is -2.08. The lowest BCUT2D eigenvalue weighted by molar-refractivity contribution is 0.172. The Labute approximate surface area is 176 Å². The molecule has 3 heterocycles. The number of anilines is 2. The van der Waals surface area contributed by atoms with E-state index in [-0.39, 0.29) is 6.03 Å². The second kappa shape index (κ2) is 7.31. The lowest BCUT2D eigenvalue weighted by atomic mass is 10.2. The molecule has 2 aromatic rings. The van der Waals surface area contributed by atoms with Gasteiger partial charge in [0.1, 0.15) is 19.6 Å². The van der Waals surface area contributed by atoms with Gasteiger partial charge in [-0.05, 0) is 38.0 Å². The lowest BCUT2D eigenvalue weighted by Crippen LogP contribution is -2.52.